The number of pyridine rings is 1. The average molecular weight is 279 g/mol. The van der Waals surface area contributed by atoms with E-state index in [0.29, 0.717) is 5.52 Å². The van der Waals surface area contributed by atoms with E-state index in [1.807, 2.05) is 18.2 Å². The van der Waals surface area contributed by atoms with Crippen molar-refractivity contribution < 1.29 is 75.4 Å². The van der Waals surface area contributed by atoms with E-state index in [2.05, 4.69) is 4.98 Å². The standard InChI is InChI=1S/C9H7NO.Cs.H/c11-8-5-1-3-7-4-2-6-10-9(7)8;;/h1-6,11H;;/q;+1;-1. The predicted octanol–water partition coefficient (Wildman–Crippen LogP) is -0.943. The molecule has 0 radical (unpaired) electrons. The van der Waals surface area contributed by atoms with Crippen molar-refractivity contribution >= 4 is 10.9 Å². The molecule has 0 saturated heterocycles. The van der Waals surface area contributed by atoms with Gasteiger partial charge in [-0.1, -0.05) is 18.2 Å². The SMILES string of the molecule is Oc1cccc2cccnc12.[Cs+].[H-]. The van der Waals surface area contributed by atoms with Gasteiger partial charge < -0.3 is 6.53 Å². The maximum atomic E-state index is 9.31. The van der Waals surface area contributed by atoms with Crippen LogP contribution in [0.15, 0.2) is 36.5 Å². The van der Waals surface area contributed by atoms with Gasteiger partial charge in [0.2, 0.25) is 0 Å². The van der Waals surface area contributed by atoms with E-state index in [4.69, 9.17) is 0 Å². The molecule has 0 saturated carbocycles. The Hall–Kier alpha value is 0.482. The van der Waals surface area contributed by atoms with Gasteiger partial charge in [-0.2, -0.15) is 0 Å². The Morgan fingerprint density at radius 1 is 1.17 bits per heavy atom. The number of aromatic hydroxyl groups is 1. The molecule has 0 atom stereocenters. The second kappa shape index (κ2) is 4.64. The summed E-state index contributed by atoms with van der Waals surface area (Å²) in [6.45, 7) is 0. The quantitative estimate of drug-likeness (QED) is 0.675. The predicted molar refractivity (Wildman–Crippen MR) is 44.5 cm³/mol. The van der Waals surface area contributed by atoms with E-state index in [0.717, 1.165) is 5.39 Å². The maximum Gasteiger partial charge on any atom is 1.00 e. The van der Waals surface area contributed by atoms with Crippen LogP contribution in [0.3, 0.4) is 0 Å². The smallest absolute Gasteiger partial charge is 1.00 e. The van der Waals surface area contributed by atoms with Crippen LogP contribution in [0, 0.1) is 0 Å². The van der Waals surface area contributed by atoms with Gasteiger partial charge in [0.05, 0.1) is 0 Å². The fourth-order valence-corrected chi connectivity index (χ4v) is 1.09. The number of hydrogen-bond donors (Lipinski definition) is 1. The van der Waals surface area contributed by atoms with Crippen LogP contribution < -0.4 is 68.9 Å². The number of aromatic nitrogens is 1. The summed E-state index contributed by atoms with van der Waals surface area (Å²) in [4.78, 5) is 4.03. The number of benzene rings is 1. The summed E-state index contributed by atoms with van der Waals surface area (Å²) in [7, 11) is 0. The Kier molecular flexibility index (Phi) is 4.09. The molecule has 1 heterocycles. The molecule has 1 aromatic heterocycles. The van der Waals surface area contributed by atoms with Crippen molar-refractivity contribution in [2.45, 2.75) is 0 Å². The summed E-state index contributed by atoms with van der Waals surface area (Å²) in [6.07, 6.45) is 1.67. The molecule has 0 fully saturated rings. The van der Waals surface area contributed by atoms with Gasteiger partial charge in [0, 0.05) is 11.6 Å². The number of phenols is 1. The second-order valence-electron chi connectivity index (χ2n) is 2.35. The minimum atomic E-state index is 0. The van der Waals surface area contributed by atoms with Gasteiger partial charge in [-0.15, -0.1) is 0 Å². The molecule has 2 rings (SSSR count). The third-order valence-corrected chi connectivity index (χ3v) is 1.61. The Labute approximate surface area is 131 Å². The molecule has 3 heteroatoms. The van der Waals surface area contributed by atoms with Gasteiger partial charge in [0.15, 0.2) is 0 Å². The van der Waals surface area contributed by atoms with E-state index in [1.165, 1.54) is 0 Å². The largest absolute Gasteiger partial charge is 1.00 e. The van der Waals surface area contributed by atoms with Gasteiger partial charge in [-0.05, 0) is 12.1 Å². The van der Waals surface area contributed by atoms with Crippen molar-refractivity contribution in [2.24, 2.45) is 0 Å². The summed E-state index contributed by atoms with van der Waals surface area (Å²) in [5.41, 5.74) is 0.662. The Balaban J connectivity index is 0.000000720. The number of phenolic OH excluding ortho intramolecular Hbond substituents is 1. The first-order chi connectivity index (χ1) is 5.38. The monoisotopic (exact) mass is 279 g/mol. The number of para-hydroxylation sites is 1. The molecular weight excluding hydrogens is 271 g/mol. The van der Waals surface area contributed by atoms with Crippen molar-refractivity contribution in [3.8, 4) is 5.75 Å². The van der Waals surface area contributed by atoms with Crippen LogP contribution in [-0.4, -0.2) is 10.1 Å². The first-order valence-corrected chi connectivity index (χ1v) is 3.40. The molecule has 0 spiro atoms. The third-order valence-electron chi connectivity index (χ3n) is 1.61. The van der Waals surface area contributed by atoms with Crippen LogP contribution in [0.25, 0.3) is 10.9 Å². The average Bonchev–Trinajstić information content (AvgIpc) is 2.06. The molecule has 0 unspecified atom stereocenters. The Morgan fingerprint density at radius 3 is 2.67 bits per heavy atom. The Bertz CT molecular complexity index is 389. The zero-order valence-electron chi connectivity index (χ0n) is 7.86. The normalized spacial score (nSPS) is 9.33. The van der Waals surface area contributed by atoms with E-state index >= 15 is 0 Å². The van der Waals surface area contributed by atoms with Crippen LogP contribution in [0.2, 0.25) is 0 Å². The molecule has 0 aliphatic heterocycles. The zero-order valence-corrected chi connectivity index (χ0v) is 13.1. The van der Waals surface area contributed by atoms with E-state index < -0.39 is 0 Å². The van der Waals surface area contributed by atoms with Crippen molar-refractivity contribution in [3.63, 3.8) is 0 Å². The van der Waals surface area contributed by atoms with Gasteiger partial charge in [0.1, 0.15) is 11.3 Å². The fourth-order valence-electron chi connectivity index (χ4n) is 1.09. The number of rotatable bonds is 0. The molecule has 0 bridgehead atoms. The zero-order chi connectivity index (χ0) is 7.68. The minimum Gasteiger partial charge on any atom is -1.00 e. The molecule has 12 heavy (non-hydrogen) atoms. The third kappa shape index (κ3) is 2.04. The van der Waals surface area contributed by atoms with Gasteiger partial charge in [-0.25, -0.2) is 0 Å². The molecule has 0 aliphatic carbocycles. The first kappa shape index (κ1) is 10.6. The maximum absolute atomic E-state index is 9.31. The fraction of sp³-hybridized carbons (Fsp3) is 0. The van der Waals surface area contributed by atoms with E-state index in [9.17, 15) is 5.11 Å². The molecule has 1 aromatic carbocycles. The van der Waals surface area contributed by atoms with E-state index in [1.54, 1.807) is 18.3 Å². The first-order valence-electron chi connectivity index (χ1n) is 3.40. The minimum absolute atomic E-state index is 0. The Morgan fingerprint density at radius 2 is 1.92 bits per heavy atom. The van der Waals surface area contributed by atoms with Crippen LogP contribution in [-0.2, 0) is 0 Å². The second-order valence-corrected chi connectivity index (χ2v) is 2.35. The van der Waals surface area contributed by atoms with Gasteiger partial charge in [-0.3, -0.25) is 4.98 Å². The number of nitrogens with zero attached hydrogens (tertiary/aromatic N) is 1. The van der Waals surface area contributed by atoms with Crippen LogP contribution >= 0.6 is 0 Å². The van der Waals surface area contributed by atoms with Crippen LogP contribution in [0.5, 0.6) is 5.75 Å². The molecule has 0 aliphatic rings. The van der Waals surface area contributed by atoms with Crippen molar-refractivity contribution in [1.29, 1.82) is 0 Å². The molecule has 2 aromatic rings. The van der Waals surface area contributed by atoms with Crippen LogP contribution in [0.4, 0.5) is 0 Å². The van der Waals surface area contributed by atoms with Crippen molar-refractivity contribution in [3.05, 3.63) is 36.5 Å². The topological polar surface area (TPSA) is 33.1 Å². The summed E-state index contributed by atoms with van der Waals surface area (Å²) < 4.78 is 0. The van der Waals surface area contributed by atoms with Crippen LogP contribution in [0.1, 0.15) is 1.43 Å². The summed E-state index contributed by atoms with van der Waals surface area (Å²) >= 11 is 0. The van der Waals surface area contributed by atoms with Crippen molar-refractivity contribution in [2.75, 3.05) is 0 Å². The van der Waals surface area contributed by atoms with Crippen molar-refractivity contribution in [1.82, 2.24) is 4.98 Å². The molecule has 56 valence electrons. The van der Waals surface area contributed by atoms with E-state index in [-0.39, 0.29) is 76.1 Å². The molecule has 2 nitrogen and oxygen atoms in total. The van der Waals surface area contributed by atoms with Gasteiger partial charge >= 0.3 is 68.9 Å². The molecule has 1 N–H and O–H groups in total. The number of fused-ring (bicyclic) bond motifs is 1. The summed E-state index contributed by atoms with van der Waals surface area (Å²) in [6, 6.07) is 9.13. The molecule has 0 amide bonds. The molecular formula is C9H8CsNO. The summed E-state index contributed by atoms with van der Waals surface area (Å²) in [5.74, 6) is 0.239. The summed E-state index contributed by atoms with van der Waals surface area (Å²) in [5, 5.41) is 10.3. The van der Waals surface area contributed by atoms with Gasteiger partial charge in [0.25, 0.3) is 0 Å². The number of hydrogen-bond acceptors (Lipinski definition) is 2.